The molecule has 0 aromatic heterocycles. The van der Waals surface area contributed by atoms with E-state index in [-0.39, 0.29) is 12.5 Å². The fourth-order valence-electron chi connectivity index (χ4n) is 12.4. The quantitative estimate of drug-likeness (QED) is 0.0261. The Morgan fingerprint density at radius 2 is 0.678 bits per heavy atom. The lowest BCUT2D eigenvalue weighted by Crippen LogP contribution is -2.60. The summed E-state index contributed by atoms with van der Waals surface area (Å²) < 4.78 is 11.3. The molecule has 6 N–H and O–H groups in total. The van der Waals surface area contributed by atoms with E-state index in [0.29, 0.717) is 6.42 Å². The fourth-order valence-corrected chi connectivity index (χ4v) is 12.4. The molecule has 9 heteroatoms. The number of carbonyl (C=O) groups is 1. The van der Waals surface area contributed by atoms with E-state index >= 15 is 0 Å². The van der Waals surface area contributed by atoms with Crippen molar-refractivity contribution in [1.29, 1.82) is 0 Å². The molecule has 0 aliphatic carbocycles. The van der Waals surface area contributed by atoms with Crippen molar-refractivity contribution in [3.63, 3.8) is 0 Å². The summed E-state index contributed by atoms with van der Waals surface area (Å²) in [6, 6.07) is -0.807. The van der Waals surface area contributed by atoms with Gasteiger partial charge in [-0.2, -0.15) is 0 Å². The summed E-state index contributed by atoms with van der Waals surface area (Å²) in [5.74, 6) is -0.170. The van der Waals surface area contributed by atoms with Crippen LogP contribution in [0.25, 0.3) is 0 Å². The Labute approximate surface area is 539 Å². The second-order valence-electron chi connectivity index (χ2n) is 26.8. The molecule has 0 bridgehead atoms. The summed E-state index contributed by atoms with van der Waals surface area (Å²) in [6.07, 6.45) is 85.3. The van der Waals surface area contributed by atoms with Gasteiger partial charge in [-0.1, -0.05) is 371 Å². The van der Waals surface area contributed by atoms with Gasteiger partial charge in [0.05, 0.1) is 25.4 Å². The van der Waals surface area contributed by atoms with Gasteiger partial charge in [-0.15, -0.1) is 0 Å². The lowest BCUT2D eigenvalue weighted by atomic mass is 9.99. The molecular weight excluding hydrogens is 1080 g/mol. The molecule has 0 spiro atoms. The minimum Gasteiger partial charge on any atom is -0.394 e. The molecule has 7 atom stereocenters. The predicted octanol–water partition coefficient (Wildman–Crippen LogP) is 21.5. The maximum absolute atomic E-state index is 13.2. The maximum atomic E-state index is 13.2. The average molecular weight is 1230 g/mol. The first-order chi connectivity index (χ1) is 42.8. The number of hydrogen-bond acceptors (Lipinski definition) is 8. The van der Waals surface area contributed by atoms with Crippen LogP contribution in [-0.4, -0.2) is 87.5 Å². The van der Waals surface area contributed by atoms with E-state index in [9.17, 15) is 30.3 Å². The molecule has 1 heterocycles. The van der Waals surface area contributed by atoms with Gasteiger partial charge in [0.15, 0.2) is 6.29 Å². The molecule has 1 fully saturated rings. The molecule has 1 saturated heterocycles. The number of ether oxygens (including phenoxy) is 2. The lowest BCUT2D eigenvalue weighted by molar-refractivity contribution is -0.302. The molecule has 9 nitrogen and oxygen atoms in total. The monoisotopic (exact) mass is 1230 g/mol. The van der Waals surface area contributed by atoms with Crippen molar-refractivity contribution in [3.05, 3.63) is 48.6 Å². The minimum absolute atomic E-state index is 0.170. The van der Waals surface area contributed by atoms with Crippen molar-refractivity contribution in [2.45, 2.75) is 429 Å². The standard InChI is InChI=1S/C78H147NO8/c1-3-5-7-9-11-13-15-17-19-21-23-25-27-29-31-33-35-36-38-40-42-44-46-48-50-52-54-56-58-60-62-64-66-68-74(82)79-71(70-86-78-77(85)76(84)75(83)73(69-80)87-78)72(81)67-65-63-61-59-57-55-53-51-49-47-45-43-41-39-37-34-32-30-28-26-24-22-20-18-16-14-12-10-8-6-4-2/h15,17,21,23,27,29,65,67,71-73,75-78,80-81,83-85H,3-14,16,18-20,22,24-26,28,30-64,66,68-70H2,1-2H3,(H,79,82)/b17-15-,23-21-,29-27-,67-65+. The zero-order valence-corrected chi connectivity index (χ0v) is 57.5. The minimum atomic E-state index is -1.57. The van der Waals surface area contributed by atoms with Gasteiger partial charge in [0.2, 0.25) is 5.91 Å². The van der Waals surface area contributed by atoms with Crippen LogP contribution in [0.3, 0.4) is 0 Å². The molecule has 87 heavy (non-hydrogen) atoms. The van der Waals surface area contributed by atoms with Gasteiger partial charge in [-0.05, 0) is 57.8 Å². The average Bonchev–Trinajstić information content (AvgIpc) is 3.38. The molecular formula is C78H147NO8. The smallest absolute Gasteiger partial charge is 0.220 e. The highest BCUT2D eigenvalue weighted by Gasteiger charge is 2.44. The number of allylic oxidation sites excluding steroid dienone is 7. The highest BCUT2D eigenvalue weighted by Crippen LogP contribution is 2.24. The van der Waals surface area contributed by atoms with E-state index in [4.69, 9.17) is 9.47 Å². The van der Waals surface area contributed by atoms with Crippen LogP contribution < -0.4 is 5.32 Å². The van der Waals surface area contributed by atoms with Crippen LogP contribution in [0.5, 0.6) is 0 Å². The zero-order valence-electron chi connectivity index (χ0n) is 57.5. The molecule has 1 aliphatic heterocycles. The van der Waals surface area contributed by atoms with Crippen LogP contribution in [0, 0.1) is 0 Å². The molecule has 0 saturated carbocycles. The largest absolute Gasteiger partial charge is 0.394 e. The Kier molecular flexibility index (Phi) is 64.1. The van der Waals surface area contributed by atoms with Gasteiger partial charge >= 0.3 is 0 Å². The Balaban J connectivity index is 2.09. The maximum Gasteiger partial charge on any atom is 0.220 e. The summed E-state index contributed by atoms with van der Waals surface area (Å²) in [6.45, 7) is 3.82. The van der Waals surface area contributed by atoms with E-state index < -0.39 is 49.5 Å². The zero-order chi connectivity index (χ0) is 62.8. The summed E-state index contributed by atoms with van der Waals surface area (Å²) in [5, 5.41) is 54.9. The third-order valence-corrected chi connectivity index (χ3v) is 18.4. The number of aliphatic hydroxyl groups excluding tert-OH is 5. The topological polar surface area (TPSA) is 149 Å². The molecule has 512 valence electrons. The second kappa shape index (κ2) is 67.1. The van der Waals surface area contributed by atoms with Gasteiger partial charge in [0, 0.05) is 6.42 Å². The summed E-state index contributed by atoms with van der Waals surface area (Å²) in [7, 11) is 0. The number of hydrogen-bond donors (Lipinski definition) is 6. The van der Waals surface area contributed by atoms with E-state index in [1.165, 1.54) is 315 Å². The first-order valence-electron chi connectivity index (χ1n) is 38.4. The number of nitrogens with one attached hydrogen (secondary N) is 1. The summed E-state index contributed by atoms with van der Waals surface area (Å²) >= 11 is 0. The molecule has 1 amide bonds. The van der Waals surface area contributed by atoms with Gasteiger partial charge in [0.25, 0.3) is 0 Å². The molecule has 0 aromatic carbocycles. The van der Waals surface area contributed by atoms with Gasteiger partial charge in [0.1, 0.15) is 24.4 Å². The lowest BCUT2D eigenvalue weighted by Gasteiger charge is -2.40. The Morgan fingerprint density at radius 3 is 1.00 bits per heavy atom. The first kappa shape index (κ1) is 83.2. The van der Waals surface area contributed by atoms with Crippen LogP contribution >= 0.6 is 0 Å². The third kappa shape index (κ3) is 55.5. The Morgan fingerprint density at radius 1 is 0.391 bits per heavy atom. The van der Waals surface area contributed by atoms with Crippen molar-refractivity contribution in [3.8, 4) is 0 Å². The number of unbranched alkanes of at least 4 members (excludes halogenated alkanes) is 52. The van der Waals surface area contributed by atoms with Crippen molar-refractivity contribution in [2.75, 3.05) is 13.2 Å². The Hall–Kier alpha value is -1.85. The van der Waals surface area contributed by atoms with Crippen LogP contribution in [0.15, 0.2) is 48.6 Å². The van der Waals surface area contributed by atoms with Gasteiger partial charge < -0.3 is 40.3 Å². The number of amides is 1. The molecule has 1 aliphatic rings. The summed E-state index contributed by atoms with van der Waals surface area (Å²) in [5.41, 5.74) is 0. The number of rotatable bonds is 68. The van der Waals surface area contributed by atoms with Crippen molar-refractivity contribution >= 4 is 5.91 Å². The van der Waals surface area contributed by atoms with Crippen molar-refractivity contribution < 1.29 is 39.8 Å². The van der Waals surface area contributed by atoms with Crippen molar-refractivity contribution in [2.24, 2.45) is 0 Å². The predicted molar refractivity (Wildman–Crippen MR) is 373 cm³/mol. The highest BCUT2D eigenvalue weighted by molar-refractivity contribution is 5.76. The van der Waals surface area contributed by atoms with Crippen LogP contribution in [0.4, 0.5) is 0 Å². The molecule has 0 radical (unpaired) electrons. The van der Waals surface area contributed by atoms with Gasteiger partial charge in [-0.3, -0.25) is 4.79 Å². The number of carbonyl (C=O) groups excluding carboxylic acids is 1. The van der Waals surface area contributed by atoms with E-state index in [1.807, 2.05) is 6.08 Å². The fraction of sp³-hybridized carbons (Fsp3) is 0.885. The van der Waals surface area contributed by atoms with E-state index in [1.54, 1.807) is 6.08 Å². The molecule has 1 rings (SSSR count). The molecule has 7 unspecified atom stereocenters. The van der Waals surface area contributed by atoms with Crippen LogP contribution in [0.1, 0.15) is 386 Å². The second-order valence-corrected chi connectivity index (χ2v) is 26.8. The third-order valence-electron chi connectivity index (χ3n) is 18.4. The number of aliphatic hydroxyl groups is 5. The van der Waals surface area contributed by atoms with Gasteiger partial charge in [-0.25, -0.2) is 0 Å². The normalized spacial score (nSPS) is 18.2. The Bertz CT molecular complexity index is 1520. The first-order valence-corrected chi connectivity index (χ1v) is 38.4. The van der Waals surface area contributed by atoms with Crippen LogP contribution in [-0.2, 0) is 14.3 Å². The van der Waals surface area contributed by atoms with Crippen molar-refractivity contribution in [1.82, 2.24) is 5.32 Å². The highest BCUT2D eigenvalue weighted by atomic mass is 16.7. The van der Waals surface area contributed by atoms with E-state index in [2.05, 4.69) is 55.6 Å². The van der Waals surface area contributed by atoms with E-state index in [0.717, 1.165) is 51.4 Å². The summed E-state index contributed by atoms with van der Waals surface area (Å²) in [4.78, 5) is 13.2. The molecule has 0 aromatic rings. The van der Waals surface area contributed by atoms with Crippen LogP contribution in [0.2, 0.25) is 0 Å². The SMILES string of the molecule is CCCCCCC/C=C\C/C=C\C/C=C\CCCCCCCCCCCCCCCCCCCCC(=O)NC(COC1OC(CO)C(O)C(O)C1O)C(O)/C=C/CCCCCCCCCCCCCCCCCCCCCCCCCCCCCCC.